The molecule has 0 saturated heterocycles. The highest BCUT2D eigenvalue weighted by atomic mass is 35.5. The standard InChI is InChI=1S/C10H15ClN2O/c1-4-13-6-7(2)10(8(13)3)12-9(14)5-11/h6H,4-5H2,1-3H3,(H,12,14). The quantitative estimate of drug-likeness (QED) is 0.770. The molecule has 0 aliphatic heterocycles. The second kappa shape index (κ2) is 4.51. The second-order valence-corrected chi connectivity index (χ2v) is 3.51. The Labute approximate surface area is 89.1 Å². The van der Waals surface area contributed by atoms with E-state index in [1.807, 2.05) is 20.0 Å². The van der Waals surface area contributed by atoms with E-state index in [0.717, 1.165) is 23.5 Å². The molecule has 0 spiro atoms. The maximum absolute atomic E-state index is 11.1. The Morgan fingerprint density at radius 3 is 2.64 bits per heavy atom. The highest BCUT2D eigenvalue weighted by molar-refractivity contribution is 6.29. The average molecular weight is 215 g/mol. The van der Waals surface area contributed by atoms with Gasteiger partial charge in [-0.15, -0.1) is 11.6 Å². The van der Waals surface area contributed by atoms with Crippen LogP contribution in [-0.2, 0) is 11.3 Å². The van der Waals surface area contributed by atoms with E-state index in [0.29, 0.717) is 0 Å². The number of nitrogens with one attached hydrogen (secondary N) is 1. The number of hydrogen-bond donors (Lipinski definition) is 1. The van der Waals surface area contributed by atoms with E-state index in [9.17, 15) is 4.79 Å². The first-order valence-corrected chi connectivity index (χ1v) is 5.15. The molecule has 1 N–H and O–H groups in total. The van der Waals surface area contributed by atoms with Gasteiger partial charge >= 0.3 is 0 Å². The van der Waals surface area contributed by atoms with Gasteiger partial charge in [-0.3, -0.25) is 4.79 Å². The van der Waals surface area contributed by atoms with Crippen molar-refractivity contribution in [3.8, 4) is 0 Å². The molecule has 4 heteroatoms. The highest BCUT2D eigenvalue weighted by Gasteiger charge is 2.10. The second-order valence-electron chi connectivity index (χ2n) is 3.24. The van der Waals surface area contributed by atoms with E-state index in [4.69, 9.17) is 11.6 Å². The summed E-state index contributed by atoms with van der Waals surface area (Å²) >= 11 is 5.43. The van der Waals surface area contributed by atoms with Crippen LogP contribution in [-0.4, -0.2) is 16.4 Å². The van der Waals surface area contributed by atoms with Gasteiger partial charge in [0.1, 0.15) is 5.88 Å². The van der Waals surface area contributed by atoms with Crippen LogP contribution in [0, 0.1) is 13.8 Å². The Morgan fingerprint density at radius 1 is 1.57 bits per heavy atom. The zero-order chi connectivity index (χ0) is 10.7. The normalized spacial score (nSPS) is 10.3. The van der Waals surface area contributed by atoms with Crippen LogP contribution in [0.4, 0.5) is 5.69 Å². The molecule has 0 aromatic carbocycles. The summed E-state index contributed by atoms with van der Waals surface area (Å²) in [5, 5.41) is 2.79. The molecule has 1 rings (SSSR count). The Morgan fingerprint density at radius 2 is 2.21 bits per heavy atom. The molecule has 1 aromatic rings. The number of hydrogen-bond acceptors (Lipinski definition) is 1. The van der Waals surface area contributed by atoms with Gasteiger partial charge in [-0.25, -0.2) is 0 Å². The SMILES string of the molecule is CCn1cc(C)c(NC(=O)CCl)c1C. The van der Waals surface area contributed by atoms with Crippen molar-refractivity contribution in [2.24, 2.45) is 0 Å². The minimum atomic E-state index is -0.160. The fourth-order valence-electron chi connectivity index (χ4n) is 1.51. The van der Waals surface area contributed by atoms with Gasteiger partial charge in [0.2, 0.25) is 5.91 Å². The van der Waals surface area contributed by atoms with Crippen LogP contribution in [0.2, 0.25) is 0 Å². The van der Waals surface area contributed by atoms with Crippen LogP contribution in [0.5, 0.6) is 0 Å². The van der Waals surface area contributed by atoms with E-state index in [1.165, 1.54) is 0 Å². The molecule has 14 heavy (non-hydrogen) atoms. The van der Waals surface area contributed by atoms with Gasteiger partial charge in [0.15, 0.2) is 0 Å². The van der Waals surface area contributed by atoms with Crippen molar-refractivity contribution in [3.05, 3.63) is 17.5 Å². The summed E-state index contributed by atoms with van der Waals surface area (Å²) < 4.78 is 2.10. The monoisotopic (exact) mass is 214 g/mol. The molecule has 0 aliphatic carbocycles. The zero-order valence-corrected chi connectivity index (χ0v) is 9.48. The van der Waals surface area contributed by atoms with Crippen LogP contribution in [0.3, 0.4) is 0 Å². The van der Waals surface area contributed by atoms with Crippen molar-refractivity contribution in [1.29, 1.82) is 0 Å². The summed E-state index contributed by atoms with van der Waals surface area (Å²) in [6.07, 6.45) is 2.03. The van der Waals surface area contributed by atoms with Crippen molar-refractivity contribution >= 4 is 23.2 Å². The predicted octanol–water partition coefficient (Wildman–Crippen LogP) is 2.30. The summed E-state index contributed by atoms with van der Waals surface area (Å²) in [7, 11) is 0. The number of nitrogens with zero attached hydrogens (tertiary/aromatic N) is 1. The first kappa shape index (κ1) is 11.1. The van der Waals surface area contributed by atoms with Crippen molar-refractivity contribution in [2.75, 3.05) is 11.2 Å². The molecule has 0 aliphatic rings. The lowest BCUT2D eigenvalue weighted by atomic mass is 10.3. The number of aryl methyl sites for hydroxylation is 2. The summed E-state index contributed by atoms with van der Waals surface area (Å²) in [6.45, 7) is 6.94. The molecule has 0 fully saturated rings. The van der Waals surface area contributed by atoms with Gasteiger partial charge in [-0.1, -0.05) is 0 Å². The Balaban J connectivity index is 2.96. The third-order valence-electron chi connectivity index (χ3n) is 2.26. The van der Waals surface area contributed by atoms with Crippen LogP contribution in [0.15, 0.2) is 6.20 Å². The molecule has 0 radical (unpaired) electrons. The van der Waals surface area contributed by atoms with Crippen LogP contribution >= 0.6 is 11.6 Å². The number of amides is 1. The predicted molar refractivity (Wildman–Crippen MR) is 58.9 cm³/mol. The number of anilines is 1. The molecule has 1 heterocycles. The van der Waals surface area contributed by atoms with Crippen LogP contribution in [0.25, 0.3) is 0 Å². The Kier molecular flexibility index (Phi) is 3.58. The third-order valence-corrected chi connectivity index (χ3v) is 2.51. The van der Waals surface area contributed by atoms with E-state index >= 15 is 0 Å². The van der Waals surface area contributed by atoms with E-state index in [1.54, 1.807) is 0 Å². The maximum atomic E-state index is 11.1. The smallest absolute Gasteiger partial charge is 0.239 e. The average Bonchev–Trinajstić information content (AvgIpc) is 2.44. The Hall–Kier alpha value is -0.960. The number of halogens is 1. The number of rotatable bonds is 3. The number of carbonyl (C=O) groups is 1. The van der Waals surface area contributed by atoms with Gasteiger partial charge in [-0.2, -0.15) is 0 Å². The van der Waals surface area contributed by atoms with E-state index < -0.39 is 0 Å². The fraction of sp³-hybridized carbons (Fsp3) is 0.500. The molecule has 1 amide bonds. The van der Waals surface area contributed by atoms with Gasteiger partial charge in [0.25, 0.3) is 0 Å². The Bertz CT molecular complexity index is 344. The first-order chi connectivity index (χ1) is 6.60. The topological polar surface area (TPSA) is 34.0 Å². The van der Waals surface area contributed by atoms with E-state index in [-0.39, 0.29) is 11.8 Å². The summed E-state index contributed by atoms with van der Waals surface area (Å²) in [5.74, 6) is -0.164. The third kappa shape index (κ3) is 2.10. The van der Waals surface area contributed by atoms with Gasteiger partial charge in [0.05, 0.1) is 5.69 Å². The molecule has 0 unspecified atom stereocenters. The fourth-order valence-corrected chi connectivity index (χ4v) is 1.58. The lowest BCUT2D eigenvalue weighted by molar-refractivity contribution is -0.113. The summed E-state index contributed by atoms with van der Waals surface area (Å²) in [6, 6.07) is 0. The van der Waals surface area contributed by atoms with E-state index in [2.05, 4.69) is 16.8 Å². The summed E-state index contributed by atoms with van der Waals surface area (Å²) in [4.78, 5) is 11.1. The van der Waals surface area contributed by atoms with Crippen molar-refractivity contribution in [2.45, 2.75) is 27.3 Å². The van der Waals surface area contributed by atoms with Gasteiger partial charge in [0, 0.05) is 18.4 Å². The highest BCUT2D eigenvalue weighted by Crippen LogP contribution is 2.21. The number of carbonyl (C=O) groups excluding carboxylic acids is 1. The number of aromatic nitrogens is 1. The molecule has 0 atom stereocenters. The maximum Gasteiger partial charge on any atom is 0.239 e. The van der Waals surface area contributed by atoms with Crippen molar-refractivity contribution in [1.82, 2.24) is 4.57 Å². The lowest BCUT2D eigenvalue weighted by Gasteiger charge is -2.05. The van der Waals surface area contributed by atoms with Crippen molar-refractivity contribution < 1.29 is 4.79 Å². The van der Waals surface area contributed by atoms with Gasteiger partial charge in [-0.05, 0) is 26.3 Å². The van der Waals surface area contributed by atoms with Gasteiger partial charge < -0.3 is 9.88 Å². The molecule has 3 nitrogen and oxygen atoms in total. The van der Waals surface area contributed by atoms with Crippen molar-refractivity contribution in [3.63, 3.8) is 0 Å². The molecule has 1 aromatic heterocycles. The minimum Gasteiger partial charge on any atom is -0.350 e. The molecular formula is C10H15ClN2O. The largest absolute Gasteiger partial charge is 0.350 e. The first-order valence-electron chi connectivity index (χ1n) is 4.62. The van der Waals surface area contributed by atoms with Crippen LogP contribution < -0.4 is 5.32 Å². The summed E-state index contributed by atoms with van der Waals surface area (Å²) in [5.41, 5.74) is 3.03. The lowest BCUT2D eigenvalue weighted by Crippen LogP contribution is -2.13. The minimum absolute atomic E-state index is 0.00378. The molecule has 0 saturated carbocycles. The number of alkyl halides is 1. The zero-order valence-electron chi connectivity index (χ0n) is 8.72. The molecule has 0 bridgehead atoms. The van der Waals surface area contributed by atoms with Crippen LogP contribution in [0.1, 0.15) is 18.2 Å². The molecular weight excluding hydrogens is 200 g/mol. The molecule has 78 valence electrons.